The minimum absolute atomic E-state index is 0.147. The zero-order chi connectivity index (χ0) is 17.7. The Labute approximate surface area is 147 Å². The molecule has 5 nitrogen and oxygen atoms in total. The summed E-state index contributed by atoms with van der Waals surface area (Å²) in [4.78, 5) is 12.2. The van der Waals surface area contributed by atoms with Crippen molar-refractivity contribution in [2.24, 2.45) is 0 Å². The Balaban J connectivity index is 2.04. The van der Waals surface area contributed by atoms with Crippen molar-refractivity contribution >= 4 is 33.2 Å². The van der Waals surface area contributed by atoms with Crippen molar-refractivity contribution in [3.8, 4) is 0 Å². The summed E-state index contributed by atoms with van der Waals surface area (Å²) in [5.74, 6) is -0.223. The Kier molecular flexibility index (Phi) is 5.99. The molecule has 24 heavy (non-hydrogen) atoms. The Morgan fingerprint density at radius 2 is 1.71 bits per heavy atom. The Morgan fingerprint density at radius 3 is 2.29 bits per heavy atom. The van der Waals surface area contributed by atoms with Gasteiger partial charge in [-0.15, -0.1) is 0 Å². The fourth-order valence-corrected chi connectivity index (χ4v) is 3.57. The molecule has 1 amide bonds. The van der Waals surface area contributed by atoms with E-state index < -0.39 is 10.0 Å². The average molecular weight is 367 g/mol. The molecule has 0 saturated carbocycles. The van der Waals surface area contributed by atoms with Crippen molar-refractivity contribution in [3.05, 3.63) is 59.1 Å². The van der Waals surface area contributed by atoms with Crippen LogP contribution < -0.4 is 10.0 Å². The van der Waals surface area contributed by atoms with Crippen molar-refractivity contribution in [1.82, 2.24) is 4.72 Å². The van der Waals surface area contributed by atoms with Crippen molar-refractivity contribution < 1.29 is 13.2 Å². The highest BCUT2D eigenvalue weighted by molar-refractivity contribution is 7.89. The summed E-state index contributed by atoms with van der Waals surface area (Å²) in [5, 5.41) is 3.26. The van der Waals surface area contributed by atoms with Crippen LogP contribution in [-0.2, 0) is 21.2 Å². The molecule has 0 aliphatic heterocycles. The number of sulfonamides is 1. The third-order valence-corrected chi connectivity index (χ3v) is 5.19. The van der Waals surface area contributed by atoms with Gasteiger partial charge >= 0.3 is 0 Å². The normalized spacial score (nSPS) is 11.5. The number of hydrogen-bond acceptors (Lipinski definition) is 3. The van der Waals surface area contributed by atoms with E-state index in [9.17, 15) is 13.2 Å². The van der Waals surface area contributed by atoms with E-state index >= 15 is 0 Å². The van der Waals surface area contributed by atoms with E-state index in [-0.39, 0.29) is 23.3 Å². The fourth-order valence-electron chi connectivity index (χ4n) is 2.12. The number of halogens is 1. The highest BCUT2D eigenvalue weighted by atomic mass is 35.5. The Hall–Kier alpha value is -1.89. The number of amides is 1. The van der Waals surface area contributed by atoms with Gasteiger partial charge in [-0.05, 0) is 49.7 Å². The van der Waals surface area contributed by atoms with Gasteiger partial charge in [0, 0.05) is 16.8 Å². The van der Waals surface area contributed by atoms with Crippen molar-refractivity contribution in [2.75, 3.05) is 5.32 Å². The molecule has 0 saturated heterocycles. The van der Waals surface area contributed by atoms with Crippen LogP contribution in [0.3, 0.4) is 0 Å². The van der Waals surface area contributed by atoms with Gasteiger partial charge in [0.05, 0.1) is 11.3 Å². The molecule has 2 aromatic rings. The molecule has 2 aromatic carbocycles. The molecular formula is C17H19ClN2O3S. The van der Waals surface area contributed by atoms with Gasteiger partial charge in [0.15, 0.2) is 0 Å². The molecule has 7 heteroatoms. The first kappa shape index (κ1) is 18.4. The molecule has 128 valence electrons. The van der Waals surface area contributed by atoms with Crippen LogP contribution in [0.5, 0.6) is 0 Å². The first-order valence-corrected chi connectivity index (χ1v) is 9.30. The Bertz CT molecular complexity index is 818. The van der Waals surface area contributed by atoms with Crippen molar-refractivity contribution in [2.45, 2.75) is 31.2 Å². The van der Waals surface area contributed by atoms with Crippen LogP contribution in [0.15, 0.2) is 53.4 Å². The summed E-state index contributed by atoms with van der Waals surface area (Å²) in [5.41, 5.74) is 1.26. The van der Waals surface area contributed by atoms with Gasteiger partial charge in [-0.3, -0.25) is 4.79 Å². The second kappa shape index (κ2) is 7.79. The van der Waals surface area contributed by atoms with Gasteiger partial charge < -0.3 is 5.32 Å². The molecule has 0 spiro atoms. The molecule has 2 rings (SSSR count). The van der Waals surface area contributed by atoms with Crippen LogP contribution in [0.1, 0.15) is 19.4 Å². The maximum absolute atomic E-state index is 12.1. The minimum Gasteiger partial charge on any atom is -0.326 e. The molecule has 0 unspecified atom stereocenters. The van der Waals surface area contributed by atoms with Gasteiger partial charge in [0.1, 0.15) is 0 Å². The third kappa shape index (κ3) is 5.06. The molecule has 0 heterocycles. The first-order valence-electron chi connectivity index (χ1n) is 7.43. The lowest BCUT2D eigenvalue weighted by molar-refractivity contribution is -0.115. The Morgan fingerprint density at radius 1 is 1.08 bits per heavy atom. The molecule has 0 bridgehead atoms. The maximum atomic E-state index is 12.1. The number of rotatable bonds is 6. The van der Waals surface area contributed by atoms with Gasteiger partial charge in [0.2, 0.25) is 15.9 Å². The molecule has 2 N–H and O–H groups in total. The van der Waals surface area contributed by atoms with E-state index in [4.69, 9.17) is 11.6 Å². The molecule has 0 fully saturated rings. The predicted molar refractivity (Wildman–Crippen MR) is 95.7 cm³/mol. The minimum atomic E-state index is -3.54. The summed E-state index contributed by atoms with van der Waals surface area (Å²) in [6.07, 6.45) is 0.147. The van der Waals surface area contributed by atoms with Crippen LogP contribution in [0.25, 0.3) is 0 Å². The van der Waals surface area contributed by atoms with Gasteiger partial charge in [-0.2, -0.15) is 0 Å². The zero-order valence-corrected chi connectivity index (χ0v) is 15.0. The number of anilines is 1. The van der Waals surface area contributed by atoms with Crippen molar-refractivity contribution in [3.63, 3.8) is 0 Å². The average Bonchev–Trinajstić information content (AvgIpc) is 2.49. The topological polar surface area (TPSA) is 75.3 Å². The van der Waals surface area contributed by atoms with E-state index in [0.29, 0.717) is 10.7 Å². The summed E-state index contributed by atoms with van der Waals surface area (Å²) in [6, 6.07) is 13.0. The number of carbonyl (C=O) groups is 1. The predicted octanol–water partition coefficient (Wildman–Crippen LogP) is 3.21. The molecular weight excluding hydrogens is 348 g/mol. The summed E-state index contributed by atoms with van der Waals surface area (Å²) in [7, 11) is -3.54. The lowest BCUT2D eigenvalue weighted by Gasteiger charge is -2.10. The third-order valence-electron chi connectivity index (χ3n) is 3.15. The lowest BCUT2D eigenvalue weighted by atomic mass is 10.1. The molecule has 0 aliphatic carbocycles. The molecule has 0 radical (unpaired) electrons. The van der Waals surface area contributed by atoms with Crippen LogP contribution in [0.2, 0.25) is 5.02 Å². The first-order chi connectivity index (χ1) is 11.3. The zero-order valence-electron chi connectivity index (χ0n) is 13.4. The largest absolute Gasteiger partial charge is 0.326 e. The van der Waals surface area contributed by atoms with E-state index in [1.807, 2.05) is 6.07 Å². The fraction of sp³-hybridized carbons (Fsp3) is 0.235. The van der Waals surface area contributed by atoms with E-state index in [1.54, 1.807) is 44.2 Å². The smallest absolute Gasteiger partial charge is 0.240 e. The number of nitrogens with one attached hydrogen (secondary N) is 2. The summed E-state index contributed by atoms with van der Waals surface area (Å²) >= 11 is 6.03. The molecule has 0 aliphatic rings. The van der Waals surface area contributed by atoms with E-state index in [0.717, 1.165) is 5.56 Å². The number of benzene rings is 2. The highest BCUT2D eigenvalue weighted by Crippen LogP contribution is 2.17. The molecule has 0 atom stereocenters. The van der Waals surface area contributed by atoms with E-state index in [1.165, 1.54) is 12.1 Å². The molecule has 0 aromatic heterocycles. The maximum Gasteiger partial charge on any atom is 0.240 e. The quantitative estimate of drug-likeness (QED) is 0.824. The highest BCUT2D eigenvalue weighted by Gasteiger charge is 2.15. The van der Waals surface area contributed by atoms with Gasteiger partial charge in [-0.25, -0.2) is 13.1 Å². The van der Waals surface area contributed by atoms with Crippen LogP contribution in [0.4, 0.5) is 5.69 Å². The van der Waals surface area contributed by atoms with Crippen molar-refractivity contribution in [1.29, 1.82) is 0 Å². The van der Waals surface area contributed by atoms with Crippen LogP contribution in [-0.4, -0.2) is 20.4 Å². The SMILES string of the molecule is CC(C)NS(=O)(=O)c1ccc(NC(=O)Cc2ccccc2Cl)cc1. The standard InChI is InChI=1S/C17H19ClN2O3S/c1-12(2)20-24(22,23)15-9-7-14(8-10-15)19-17(21)11-13-5-3-4-6-16(13)18/h3-10,12,20H,11H2,1-2H3,(H,19,21). The monoisotopic (exact) mass is 366 g/mol. The second-order valence-corrected chi connectivity index (χ2v) is 7.74. The lowest BCUT2D eigenvalue weighted by Crippen LogP contribution is -2.30. The van der Waals surface area contributed by atoms with Gasteiger partial charge in [-0.1, -0.05) is 29.8 Å². The van der Waals surface area contributed by atoms with Crippen LogP contribution in [0, 0.1) is 0 Å². The van der Waals surface area contributed by atoms with Gasteiger partial charge in [0.25, 0.3) is 0 Å². The second-order valence-electron chi connectivity index (χ2n) is 5.62. The number of hydrogen-bond donors (Lipinski definition) is 2. The number of carbonyl (C=O) groups excluding carboxylic acids is 1. The van der Waals surface area contributed by atoms with Crippen LogP contribution >= 0.6 is 11.6 Å². The van der Waals surface area contributed by atoms with E-state index in [2.05, 4.69) is 10.0 Å². The summed E-state index contributed by atoms with van der Waals surface area (Å²) < 4.78 is 26.6. The summed E-state index contributed by atoms with van der Waals surface area (Å²) in [6.45, 7) is 3.50.